The summed E-state index contributed by atoms with van der Waals surface area (Å²) in [5, 5.41) is 3.07. The highest BCUT2D eigenvalue weighted by Crippen LogP contribution is 2.13. The minimum Gasteiger partial charge on any atom is -0.355 e. The molecule has 0 unspecified atom stereocenters. The van der Waals surface area contributed by atoms with Gasteiger partial charge in [0.2, 0.25) is 6.41 Å². The van der Waals surface area contributed by atoms with E-state index in [1.54, 1.807) is 12.2 Å². The van der Waals surface area contributed by atoms with Crippen molar-refractivity contribution in [3.05, 3.63) is 71.9 Å². The van der Waals surface area contributed by atoms with Crippen LogP contribution in [0, 0.1) is 0 Å². The summed E-state index contributed by atoms with van der Waals surface area (Å²) >= 11 is 7.19. The smallest absolute Gasteiger partial charge is 0.207 e. The molecular formula is C18H25ClN2OS. The Labute approximate surface area is 149 Å². The number of amides is 1. The number of allylic oxidation sites excluding steroid dienone is 3. The monoisotopic (exact) mass is 352 g/mol. The van der Waals surface area contributed by atoms with Gasteiger partial charge >= 0.3 is 0 Å². The van der Waals surface area contributed by atoms with Gasteiger partial charge in [0.1, 0.15) is 0 Å². The molecule has 23 heavy (non-hydrogen) atoms. The first kappa shape index (κ1) is 21.4. The average molecular weight is 353 g/mol. The molecule has 1 aromatic rings. The minimum absolute atomic E-state index is 0.105. The molecule has 0 spiro atoms. The molecule has 1 amide bonds. The first-order valence-corrected chi connectivity index (χ1v) is 8.70. The molecule has 1 atom stereocenters. The number of rotatable bonds is 9. The fourth-order valence-corrected chi connectivity index (χ4v) is 2.36. The summed E-state index contributed by atoms with van der Waals surface area (Å²) in [5.74, 6) is 0.734. The summed E-state index contributed by atoms with van der Waals surface area (Å²) in [7, 11) is 0. The molecule has 0 saturated carbocycles. The first-order valence-electron chi connectivity index (χ1n) is 7.34. The Kier molecular flexibility index (Phi) is 13.0. The van der Waals surface area contributed by atoms with Gasteiger partial charge in [0.05, 0.1) is 10.7 Å². The Bertz CT molecular complexity index is 503. The molecule has 0 aromatic heterocycles. The van der Waals surface area contributed by atoms with E-state index in [1.165, 1.54) is 17.5 Å². The second-order valence-electron chi connectivity index (χ2n) is 4.66. The van der Waals surface area contributed by atoms with E-state index >= 15 is 0 Å². The summed E-state index contributed by atoms with van der Waals surface area (Å²) in [6.07, 6.45) is 5.19. The van der Waals surface area contributed by atoms with Crippen LogP contribution in [0.4, 0.5) is 0 Å². The van der Waals surface area contributed by atoms with Crippen LogP contribution in [0.2, 0.25) is 0 Å². The van der Waals surface area contributed by atoms with Gasteiger partial charge in [-0.2, -0.15) is 0 Å². The van der Waals surface area contributed by atoms with Crippen molar-refractivity contribution in [1.29, 1.82) is 0 Å². The molecule has 0 bridgehead atoms. The maximum Gasteiger partial charge on any atom is 0.207 e. The third-order valence-electron chi connectivity index (χ3n) is 2.70. The van der Waals surface area contributed by atoms with Crippen LogP contribution in [0.25, 0.3) is 0 Å². The van der Waals surface area contributed by atoms with Crippen molar-refractivity contribution in [1.82, 2.24) is 10.0 Å². The topological polar surface area (TPSA) is 41.1 Å². The molecule has 0 heterocycles. The van der Waals surface area contributed by atoms with E-state index in [2.05, 4.69) is 54.4 Å². The molecule has 0 aliphatic carbocycles. The molecule has 0 radical (unpaired) electrons. The summed E-state index contributed by atoms with van der Waals surface area (Å²) in [5.41, 5.74) is 2.13. The first-order chi connectivity index (χ1) is 11.0. The van der Waals surface area contributed by atoms with E-state index in [4.69, 9.17) is 11.6 Å². The molecule has 3 nitrogen and oxygen atoms in total. The third kappa shape index (κ3) is 11.6. The minimum atomic E-state index is 0.105. The summed E-state index contributed by atoms with van der Waals surface area (Å²) in [4.78, 5) is 10.1. The van der Waals surface area contributed by atoms with Crippen LogP contribution in [0.1, 0.15) is 19.4 Å². The van der Waals surface area contributed by atoms with Gasteiger partial charge in [-0.05, 0) is 25.0 Å². The van der Waals surface area contributed by atoms with Crippen molar-refractivity contribution >= 4 is 30.0 Å². The molecule has 5 heteroatoms. The molecular weight excluding hydrogens is 328 g/mol. The highest BCUT2D eigenvalue weighted by atomic mass is 35.5. The van der Waals surface area contributed by atoms with Gasteiger partial charge < -0.3 is 10.0 Å². The number of nitrogens with one attached hydrogen (secondary N) is 2. The molecule has 2 N–H and O–H groups in total. The SMILES string of the molecule is C=C/C=C(/NSC[C@H](C)NC=O)C(=C)Cl.CCc1ccccc1. The van der Waals surface area contributed by atoms with Crippen LogP contribution < -0.4 is 10.0 Å². The summed E-state index contributed by atoms with van der Waals surface area (Å²) in [6, 6.07) is 10.6. The Morgan fingerprint density at radius 2 is 2.04 bits per heavy atom. The number of hydrogen-bond acceptors (Lipinski definition) is 3. The molecule has 0 aliphatic rings. The number of carbonyl (C=O) groups is 1. The molecule has 126 valence electrons. The predicted molar refractivity (Wildman–Crippen MR) is 103 cm³/mol. The summed E-state index contributed by atoms with van der Waals surface area (Å²) in [6.45, 7) is 11.3. The maximum atomic E-state index is 10.1. The van der Waals surface area contributed by atoms with Crippen LogP contribution >= 0.6 is 23.5 Å². The second-order valence-corrected chi connectivity index (χ2v) is 5.94. The largest absolute Gasteiger partial charge is 0.355 e. The van der Waals surface area contributed by atoms with Crippen molar-refractivity contribution in [3.63, 3.8) is 0 Å². The quantitative estimate of drug-likeness (QED) is 0.392. The average Bonchev–Trinajstić information content (AvgIpc) is 2.55. The number of halogens is 1. The van der Waals surface area contributed by atoms with Crippen LogP contribution in [-0.4, -0.2) is 18.2 Å². The lowest BCUT2D eigenvalue weighted by atomic mass is 10.2. The normalized spacial score (nSPS) is 11.5. The number of carbonyl (C=O) groups excluding carboxylic acids is 1. The zero-order valence-corrected chi connectivity index (χ0v) is 15.3. The Balaban J connectivity index is 0.000000502. The highest BCUT2D eigenvalue weighted by molar-refractivity contribution is 7.97. The van der Waals surface area contributed by atoms with Crippen molar-refractivity contribution < 1.29 is 4.79 Å². The van der Waals surface area contributed by atoms with Crippen molar-refractivity contribution in [2.75, 3.05) is 5.75 Å². The van der Waals surface area contributed by atoms with E-state index in [9.17, 15) is 4.79 Å². The van der Waals surface area contributed by atoms with E-state index in [0.717, 1.165) is 17.9 Å². The van der Waals surface area contributed by atoms with Gasteiger partial charge in [-0.25, -0.2) is 0 Å². The lowest BCUT2D eigenvalue weighted by Gasteiger charge is -2.12. The van der Waals surface area contributed by atoms with Crippen LogP contribution in [0.15, 0.2) is 66.4 Å². The van der Waals surface area contributed by atoms with Gasteiger partial charge in [0.25, 0.3) is 0 Å². The van der Waals surface area contributed by atoms with E-state index in [1.807, 2.05) is 13.0 Å². The van der Waals surface area contributed by atoms with E-state index < -0.39 is 0 Å². The van der Waals surface area contributed by atoms with Crippen molar-refractivity contribution in [3.8, 4) is 0 Å². The molecule has 1 aromatic carbocycles. The lowest BCUT2D eigenvalue weighted by Crippen LogP contribution is -2.27. The van der Waals surface area contributed by atoms with Crippen LogP contribution in [0.3, 0.4) is 0 Å². The van der Waals surface area contributed by atoms with Crippen molar-refractivity contribution in [2.24, 2.45) is 0 Å². The van der Waals surface area contributed by atoms with E-state index in [0.29, 0.717) is 11.4 Å². The zero-order valence-electron chi connectivity index (χ0n) is 13.7. The lowest BCUT2D eigenvalue weighted by molar-refractivity contribution is -0.109. The maximum absolute atomic E-state index is 10.1. The van der Waals surface area contributed by atoms with Crippen molar-refractivity contribution in [2.45, 2.75) is 26.3 Å². The Hall–Kier alpha value is -1.65. The molecule has 0 aliphatic heterocycles. The molecule has 0 saturated heterocycles. The number of hydrogen-bond donors (Lipinski definition) is 2. The van der Waals surface area contributed by atoms with Crippen LogP contribution in [-0.2, 0) is 11.2 Å². The third-order valence-corrected chi connectivity index (χ3v) is 3.93. The Morgan fingerprint density at radius 3 is 2.48 bits per heavy atom. The molecule has 1 rings (SSSR count). The standard InChI is InChI=1S/C10H15ClN2OS.C8H10/c1-4-5-10(9(3)11)13-15-6-8(2)12-7-14;1-2-8-6-4-3-5-7-8/h4-5,7-8,13H,1,3,6H2,2H3,(H,12,14);3-7H,2H2,1H3/b10-5+;/t8-;/m0./s1. The predicted octanol–water partition coefficient (Wildman–Crippen LogP) is 4.43. The molecule has 0 fully saturated rings. The van der Waals surface area contributed by atoms with Gasteiger partial charge in [0, 0.05) is 11.8 Å². The fraction of sp³-hybridized carbons (Fsp3) is 0.278. The fourth-order valence-electron chi connectivity index (χ4n) is 1.42. The zero-order chi connectivity index (χ0) is 17.5. The summed E-state index contributed by atoms with van der Waals surface area (Å²) < 4.78 is 3.03. The number of aryl methyl sites for hydroxylation is 1. The highest BCUT2D eigenvalue weighted by Gasteiger charge is 2.02. The number of benzene rings is 1. The van der Waals surface area contributed by atoms with Gasteiger partial charge in [-0.3, -0.25) is 4.79 Å². The van der Waals surface area contributed by atoms with Gasteiger partial charge in [0.15, 0.2) is 0 Å². The van der Waals surface area contributed by atoms with Gasteiger partial charge in [-0.15, -0.1) is 0 Å². The second kappa shape index (κ2) is 14.0. The van der Waals surface area contributed by atoms with E-state index in [-0.39, 0.29) is 6.04 Å². The Morgan fingerprint density at radius 1 is 1.39 bits per heavy atom. The van der Waals surface area contributed by atoms with Crippen LogP contribution in [0.5, 0.6) is 0 Å². The van der Waals surface area contributed by atoms with Gasteiger partial charge in [-0.1, -0.05) is 80.0 Å².